The number of thioether (sulfide) groups is 1. The van der Waals surface area contributed by atoms with Crippen LogP contribution in [-0.4, -0.2) is 51.5 Å². The summed E-state index contributed by atoms with van der Waals surface area (Å²) in [6.07, 6.45) is 1.15. The molecular formula is C16H23N3O4S. The van der Waals surface area contributed by atoms with Gasteiger partial charge in [0, 0.05) is 12.2 Å². The van der Waals surface area contributed by atoms with Gasteiger partial charge in [-0.25, -0.2) is 4.79 Å². The van der Waals surface area contributed by atoms with Gasteiger partial charge in [0.05, 0.1) is 10.9 Å². The van der Waals surface area contributed by atoms with Crippen molar-refractivity contribution in [1.29, 1.82) is 5.26 Å². The van der Waals surface area contributed by atoms with E-state index in [2.05, 4.69) is 11.4 Å². The lowest BCUT2D eigenvalue weighted by Crippen LogP contribution is -2.51. The van der Waals surface area contributed by atoms with Crippen molar-refractivity contribution in [2.75, 3.05) is 12.4 Å². The lowest BCUT2D eigenvalue weighted by molar-refractivity contribution is -0.156. The summed E-state index contributed by atoms with van der Waals surface area (Å²) in [5, 5.41) is 11.8. The molecule has 0 saturated carbocycles. The van der Waals surface area contributed by atoms with Crippen LogP contribution in [-0.2, 0) is 19.1 Å². The van der Waals surface area contributed by atoms with Crippen LogP contribution in [0, 0.1) is 17.2 Å². The smallest absolute Gasteiger partial charge is 0.330 e. The fourth-order valence-corrected chi connectivity index (χ4v) is 4.27. The number of nitrogens with one attached hydrogen (secondary N) is 1. The van der Waals surface area contributed by atoms with E-state index in [-0.39, 0.29) is 16.7 Å². The Morgan fingerprint density at radius 1 is 1.58 bits per heavy atom. The molecule has 2 aliphatic heterocycles. The average Bonchev–Trinajstić information content (AvgIpc) is 3.01. The third-order valence-electron chi connectivity index (χ3n) is 4.85. The summed E-state index contributed by atoms with van der Waals surface area (Å²) in [6.45, 7) is 6.77. The SMILES string of the molecule is CC(C)[C@](C)(C#N)NC(=O)COC(=O)[C@H]1CS[C@@]2(C)CCC(=O)N12. The van der Waals surface area contributed by atoms with E-state index in [1.165, 1.54) is 0 Å². The molecule has 0 unspecified atom stereocenters. The number of rotatable bonds is 5. The van der Waals surface area contributed by atoms with Gasteiger partial charge in [-0.05, 0) is 26.2 Å². The predicted molar refractivity (Wildman–Crippen MR) is 88.7 cm³/mol. The normalized spacial score (nSPS) is 28.2. The molecule has 2 rings (SSSR count). The molecule has 1 N–H and O–H groups in total. The summed E-state index contributed by atoms with van der Waals surface area (Å²) in [5.74, 6) is -0.755. The second-order valence-corrected chi connectivity index (χ2v) is 8.39. The molecule has 0 aliphatic carbocycles. The zero-order valence-electron chi connectivity index (χ0n) is 14.4. The predicted octanol–water partition coefficient (Wildman–Crippen LogP) is 1.04. The first-order valence-corrected chi connectivity index (χ1v) is 8.96. The first-order chi connectivity index (χ1) is 11.1. The summed E-state index contributed by atoms with van der Waals surface area (Å²) in [4.78, 5) is 37.5. The van der Waals surface area contributed by atoms with E-state index in [0.29, 0.717) is 12.2 Å². The van der Waals surface area contributed by atoms with E-state index < -0.39 is 30.1 Å². The number of nitriles is 1. The van der Waals surface area contributed by atoms with E-state index in [0.717, 1.165) is 6.42 Å². The van der Waals surface area contributed by atoms with Crippen molar-refractivity contribution in [3.8, 4) is 6.07 Å². The first kappa shape index (κ1) is 18.6. The maximum absolute atomic E-state index is 12.3. The summed E-state index contributed by atoms with van der Waals surface area (Å²) >= 11 is 1.57. The molecule has 0 spiro atoms. The quantitative estimate of drug-likeness (QED) is 0.741. The van der Waals surface area contributed by atoms with Gasteiger partial charge >= 0.3 is 5.97 Å². The minimum absolute atomic E-state index is 0.0502. The van der Waals surface area contributed by atoms with Crippen LogP contribution in [0.1, 0.15) is 40.5 Å². The molecule has 2 saturated heterocycles. The Labute approximate surface area is 146 Å². The number of amides is 2. The van der Waals surface area contributed by atoms with Crippen LogP contribution in [0.3, 0.4) is 0 Å². The van der Waals surface area contributed by atoms with Gasteiger partial charge in [0.2, 0.25) is 5.91 Å². The third kappa shape index (κ3) is 3.36. The maximum Gasteiger partial charge on any atom is 0.330 e. The summed E-state index contributed by atoms with van der Waals surface area (Å²) in [5.41, 5.74) is -1.02. The lowest BCUT2D eigenvalue weighted by Gasteiger charge is -2.29. The molecule has 7 nitrogen and oxygen atoms in total. The fraction of sp³-hybridized carbons (Fsp3) is 0.750. The Morgan fingerprint density at radius 2 is 2.25 bits per heavy atom. The van der Waals surface area contributed by atoms with Gasteiger partial charge in [-0.3, -0.25) is 9.59 Å². The van der Waals surface area contributed by atoms with Crippen molar-refractivity contribution in [3.63, 3.8) is 0 Å². The first-order valence-electron chi connectivity index (χ1n) is 7.98. The highest BCUT2D eigenvalue weighted by molar-refractivity contribution is 8.01. The van der Waals surface area contributed by atoms with Gasteiger partial charge in [-0.1, -0.05) is 13.8 Å². The molecule has 132 valence electrons. The molecule has 3 atom stereocenters. The topological polar surface area (TPSA) is 99.5 Å². The molecule has 8 heteroatoms. The number of nitrogens with zero attached hydrogens (tertiary/aromatic N) is 2. The maximum atomic E-state index is 12.3. The molecule has 0 aromatic carbocycles. The molecule has 24 heavy (non-hydrogen) atoms. The minimum atomic E-state index is -1.02. The zero-order chi connectivity index (χ0) is 18.1. The second kappa shape index (κ2) is 6.63. The fourth-order valence-electron chi connectivity index (χ4n) is 2.86. The van der Waals surface area contributed by atoms with Crippen molar-refractivity contribution in [2.45, 2.75) is 57.0 Å². The van der Waals surface area contributed by atoms with Crippen molar-refractivity contribution < 1.29 is 19.1 Å². The van der Waals surface area contributed by atoms with E-state index >= 15 is 0 Å². The van der Waals surface area contributed by atoms with Crippen LogP contribution < -0.4 is 5.32 Å². The van der Waals surface area contributed by atoms with Crippen LogP contribution in [0.5, 0.6) is 0 Å². The number of carbonyl (C=O) groups is 3. The largest absolute Gasteiger partial charge is 0.454 e. The minimum Gasteiger partial charge on any atom is -0.454 e. The summed E-state index contributed by atoms with van der Waals surface area (Å²) in [6, 6.07) is 1.42. The van der Waals surface area contributed by atoms with Gasteiger partial charge in [0.1, 0.15) is 11.6 Å². The van der Waals surface area contributed by atoms with Crippen LogP contribution in [0.4, 0.5) is 0 Å². The Kier molecular flexibility index (Phi) is 5.14. The molecule has 0 aromatic heterocycles. The highest BCUT2D eigenvalue weighted by Crippen LogP contribution is 2.47. The van der Waals surface area contributed by atoms with E-state index in [9.17, 15) is 19.6 Å². The highest BCUT2D eigenvalue weighted by atomic mass is 32.2. The van der Waals surface area contributed by atoms with E-state index in [1.54, 1.807) is 23.6 Å². The van der Waals surface area contributed by atoms with Gasteiger partial charge in [0.25, 0.3) is 5.91 Å². The standard InChI is InChI=1S/C16H23N3O4S/c1-10(2)15(3,9-17)18-12(20)7-23-14(22)11-8-24-16(4)6-5-13(21)19(11)16/h10-11H,5-8H2,1-4H3,(H,18,20)/t11-,15+,16+/m1/s1. The molecule has 2 fully saturated rings. The van der Waals surface area contributed by atoms with Gasteiger partial charge in [-0.15, -0.1) is 11.8 Å². The van der Waals surface area contributed by atoms with Crippen molar-refractivity contribution in [1.82, 2.24) is 10.2 Å². The number of esters is 1. The van der Waals surface area contributed by atoms with Gasteiger partial charge in [0.15, 0.2) is 6.61 Å². The van der Waals surface area contributed by atoms with E-state index in [4.69, 9.17) is 4.74 Å². The molecule has 0 bridgehead atoms. The number of hydrogen-bond acceptors (Lipinski definition) is 6. The number of ether oxygens (including phenoxy) is 1. The Balaban J connectivity index is 1.91. The summed E-state index contributed by atoms with van der Waals surface area (Å²) < 4.78 is 5.09. The lowest BCUT2D eigenvalue weighted by atomic mass is 9.90. The van der Waals surface area contributed by atoms with Crippen molar-refractivity contribution in [2.24, 2.45) is 5.92 Å². The number of hydrogen-bond donors (Lipinski definition) is 1. The van der Waals surface area contributed by atoms with E-state index in [1.807, 2.05) is 20.8 Å². The third-order valence-corrected chi connectivity index (χ3v) is 6.35. The number of carbonyl (C=O) groups excluding carboxylic acids is 3. The van der Waals surface area contributed by atoms with Crippen LogP contribution in [0.2, 0.25) is 0 Å². The number of fused-ring (bicyclic) bond motifs is 1. The van der Waals surface area contributed by atoms with Crippen LogP contribution >= 0.6 is 11.8 Å². The molecule has 2 amide bonds. The summed E-state index contributed by atoms with van der Waals surface area (Å²) in [7, 11) is 0. The highest BCUT2D eigenvalue weighted by Gasteiger charge is 2.53. The van der Waals surface area contributed by atoms with Crippen LogP contribution in [0.15, 0.2) is 0 Å². The monoisotopic (exact) mass is 353 g/mol. The molecular weight excluding hydrogens is 330 g/mol. The molecule has 2 heterocycles. The van der Waals surface area contributed by atoms with Gasteiger partial charge in [-0.2, -0.15) is 5.26 Å². The van der Waals surface area contributed by atoms with Crippen LogP contribution in [0.25, 0.3) is 0 Å². The second-order valence-electron chi connectivity index (χ2n) is 6.89. The molecule has 0 aromatic rings. The average molecular weight is 353 g/mol. The van der Waals surface area contributed by atoms with Crippen molar-refractivity contribution in [3.05, 3.63) is 0 Å². The molecule has 0 radical (unpaired) electrons. The zero-order valence-corrected chi connectivity index (χ0v) is 15.2. The van der Waals surface area contributed by atoms with Gasteiger partial charge < -0.3 is 15.0 Å². The Bertz CT molecular complexity index is 603. The molecule has 2 aliphatic rings. The Hall–Kier alpha value is -1.75. The Morgan fingerprint density at radius 3 is 2.83 bits per heavy atom. The van der Waals surface area contributed by atoms with Crippen molar-refractivity contribution >= 4 is 29.5 Å².